The maximum Gasteiger partial charge on any atom is 0.157 e. The fraction of sp³-hybridized carbons (Fsp3) is 0.294. The largest absolute Gasteiger partial charge is 0.480 e. The number of benzene rings is 2. The van der Waals surface area contributed by atoms with E-state index in [1.54, 1.807) is 0 Å². The van der Waals surface area contributed by atoms with Crippen molar-refractivity contribution in [2.24, 2.45) is 5.92 Å². The summed E-state index contributed by atoms with van der Waals surface area (Å²) in [7, 11) is 0. The van der Waals surface area contributed by atoms with E-state index < -0.39 is 0 Å². The molecule has 0 spiro atoms. The fourth-order valence-electron chi connectivity index (χ4n) is 2.63. The van der Waals surface area contributed by atoms with Gasteiger partial charge in [0.2, 0.25) is 0 Å². The lowest BCUT2D eigenvalue weighted by molar-refractivity contribution is 0.148. The van der Waals surface area contributed by atoms with E-state index in [4.69, 9.17) is 4.74 Å². The molecule has 0 amide bonds. The summed E-state index contributed by atoms with van der Waals surface area (Å²) in [5, 5.41) is 3.63. The molecule has 3 rings (SSSR count). The van der Waals surface area contributed by atoms with E-state index in [9.17, 15) is 0 Å². The van der Waals surface area contributed by atoms with Gasteiger partial charge >= 0.3 is 0 Å². The number of para-hydroxylation sites is 1. The Morgan fingerprint density at radius 3 is 2.50 bits per heavy atom. The van der Waals surface area contributed by atoms with Gasteiger partial charge in [0.25, 0.3) is 0 Å². The molecule has 0 saturated heterocycles. The van der Waals surface area contributed by atoms with Crippen LogP contribution in [0.15, 0.2) is 53.0 Å². The zero-order chi connectivity index (χ0) is 14.1. The average Bonchev–Trinajstić information content (AvgIpc) is 2.47. The van der Waals surface area contributed by atoms with Gasteiger partial charge in [-0.1, -0.05) is 50.2 Å². The fourth-order valence-corrected chi connectivity index (χ4v) is 3.09. The average molecular weight is 332 g/mol. The summed E-state index contributed by atoms with van der Waals surface area (Å²) in [5.74, 6) is 1.38. The minimum Gasteiger partial charge on any atom is -0.480 e. The molecule has 2 aromatic rings. The predicted molar refractivity (Wildman–Crippen MR) is 86.2 cm³/mol. The maximum absolute atomic E-state index is 6.31. The van der Waals surface area contributed by atoms with Crippen LogP contribution in [0, 0.1) is 5.92 Å². The predicted octanol–water partition coefficient (Wildman–Crippen LogP) is 5.02. The normalized spacial score (nSPS) is 21.0. The maximum atomic E-state index is 6.31. The van der Waals surface area contributed by atoms with Crippen LogP contribution in [0.25, 0.3) is 0 Å². The molecule has 104 valence electrons. The summed E-state index contributed by atoms with van der Waals surface area (Å²) in [6, 6.07) is 16.8. The van der Waals surface area contributed by atoms with Gasteiger partial charge in [-0.2, -0.15) is 0 Å². The van der Waals surface area contributed by atoms with E-state index in [1.807, 2.05) is 18.2 Å². The van der Waals surface area contributed by atoms with Gasteiger partial charge in [-0.05, 0) is 39.5 Å². The Kier molecular flexibility index (Phi) is 3.70. The molecule has 1 aliphatic heterocycles. The summed E-state index contributed by atoms with van der Waals surface area (Å²) in [6.45, 7) is 4.44. The van der Waals surface area contributed by atoms with Gasteiger partial charge in [0.05, 0.1) is 16.2 Å². The van der Waals surface area contributed by atoms with Crippen LogP contribution in [0.5, 0.6) is 5.75 Å². The quantitative estimate of drug-likeness (QED) is 0.834. The summed E-state index contributed by atoms with van der Waals surface area (Å²) >= 11 is 3.57. The van der Waals surface area contributed by atoms with Crippen molar-refractivity contribution in [1.82, 2.24) is 0 Å². The van der Waals surface area contributed by atoms with Crippen molar-refractivity contribution in [3.05, 3.63) is 58.6 Å². The lowest BCUT2D eigenvalue weighted by Gasteiger charge is -2.38. The Labute approximate surface area is 128 Å². The number of fused-ring (bicyclic) bond motifs is 1. The minimum atomic E-state index is 0.0300. The standard InChI is InChI=1S/C17H18BrNO/c1-11(2)15-16(12-7-4-3-5-8-12)20-17-13(18)9-6-10-14(17)19-15/h3-11,15-16,19H,1-2H3. The first kappa shape index (κ1) is 13.5. The molecule has 3 heteroatoms. The number of rotatable bonds is 2. The summed E-state index contributed by atoms with van der Waals surface area (Å²) in [6.07, 6.45) is 0.0300. The highest BCUT2D eigenvalue weighted by Gasteiger charge is 2.33. The molecule has 1 heterocycles. The molecule has 0 aromatic heterocycles. The summed E-state index contributed by atoms with van der Waals surface area (Å²) in [4.78, 5) is 0. The molecule has 2 atom stereocenters. The zero-order valence-corrected chi connectivity index (χ0v) is 13.2. The second-order valence-corrected chi connectivity index (χ2v) is 6.33. The molecular weight excluding hydrogens is 314 g/mol. The van der Waals surface area contributed by atoms with Crippen LogP contribution in [0.3, 0.4) is 0 Å². The van der Waals surface area contributed by atoms with E-state index in [0.717, 1.165) is 15.9 Å². The first-order valence-corrected chi connectivity index (χ1v) is 7.73. The van der Waals surface area contributed by atoms with Crippen LogP contribution in [-0.4, -0.2) is 6.04 Å². The Bertz CT molecular complexity index is 597. The monoisotopic (exact) mass is 331 g/mol. The van der Waals surface area contributed by atoms with Crippen LogP contribution >= 0.6 is 15.9 Å². The third-order valence-corrected chi connectivity index (χ3v) is 4.33. The Morgan fingerprint density at radius 2 is 1.80 bits per heavy atom. The van der Waals surface area contributed by atoms with Gasteiger partial charge in [0.1, 0.15) is 6.10 Å². The lowest BCUT2D eigenvalue weighted by Crippen LogP contribution is -2.39. The van der Waals surface area contributed by atoms with E-state index in [0.29, 0.717) is 5.92 Å². The van der Waals surface area contributed by atoms with Gasteiger partial charge in [0.15, 0.2) is 5.75 Å². The lowest BCUT2D eigenvalue weighted by atomic mass is 9.91. The van der Waals surface area contributed by atoms with E-state index in [2.05, 4.69) is 65.4 Å². The molecule has 0 aliphatic carbocycles. The second-order valence-electron chi connectivity index (χ2n) is 5.48. The highest BCUT2D eigenvalue weighted by atomic mass is 79.9. The molecule has 2 unspecified atom stereocenters. The Morgan fingerprint density at radius 1 is 1.05 bits per heavy atom. The highest BCUT2D eigenvalue weighted by molar-refractivity contribution is 9.10. The van der Waals surface area contributed by atoms with Crippen molar-refractivity contribution in [3.8, 4) is 5.75 Å². The van der Waals surface area contributed by atoms with Crippen LogP contribution in [0.2, 0.25) is 0 Å². The van der Waals surface area contributed by atoms with Gasteiger partial charge in [0, 0.05) is 0 Å². The smallest absolute Gasteiger partial charge is 0.157 e. The van der Waals surface area contributed by atoms with Gasteiger partial charge in [-0.3, -0.25) is 0 Å². The third-order valence-electron chi connectivity index (χ3n) is 3.71. The first-order chi connectivity index (χ1) is 9.66. The number of anilines is 1. The number of ether oxygens (including phenoxy) is 1. The van der Waals surface area contributed by atoms with Crippen LogP contribution in [0.1, 0.15) is 25.5 Å². The molecule has 0 saturated carbocycles. The van der Waals surface area contributed by atoms with E-state index in [1.165, 1.54) is 5.56 Å². The molecule has 2 aromatic carbocycles. The molecule has 1 aliphatic rings. The van der Waals surface area contributed by atoms with Gasteiger partial charge in [-0.25, -0.2) is 0 Å². The van der Waals surface area contributed by atoms with Crippen LogP contribution < -0.4 is 10.1 Å². The minimum absolute atomic E-state index is 0.0300. The Hall–Kier alpha value is -1.48. The van der Waals surface area contributed by atoms with E-state index in [-0.39, 0.29) is 12.1 Å². The molecule has 0 bridgehead atoms. The van der Waals surface area contributed by atoms with Crippen molar-refractivity contribution in [2.75, 3.05) is 5.32 Å². The molecule has 1 N–H and O–H groups in total. The number of halogens is 1. The summed E-state index contributed by atoms with van der Waals surface area (Å²) in [5.41, 5.74) is 2.27. The SMILES string of the molecule is CC(C)C1Nc2cccc(Br)c2OC1c1ccccc1. The van der Waals surface area contributed by atoms with Crippen LogP contribution in [-0.2, 0) is 0 Å². The molecule has 2 nitrogen and oxygen atoms in total. The highest BCUT2D eigenvalue weighted by Crippen LogP contribution is 2.43. The van der Waals surface area contributed by atoms with Gasteiger partial charge < -0.3 is 10.1 Å². The van der Waals surface area contributed by atoms with Gasteiger partial charge in [-0.15, -0.1) is 0 Å². The summed E-state index contributed by atoms with van der Waals surface area (Å²) < 4.78 is 7.30. The number of nitrogens with one attached hydrogen (secondary N) is 1. The van der Waals surface area contributed by atoms with Crippen molar-refractivity contribution >= 4 is 21.6 Å². The molecule has 0 radical (unpaired) electrons. The topological polar surface area (TPSA) is 21.3 Å². The number of hydrogen-bond acceptors (Lipinski definition) is 2. The third kappa shape index (κ3) is 2.42. The molecule has 0 fully saturated rings. The van der Waals surface area contributed by atoms with Crippen molar-refractivity contribution < 1.29 is 4.74 Å². The molecule has 20 heavy (non-hydrogen) atoms. The zero-order valence-electron chi connectivity index (χ0n) is 11.6. The van der Waals surface area contributed by atoms with E-state index >= 15 is 0 Å². The number of hydrogen-bond donors (Lipinski definition) is 1. The van der Waals surface area contributed by atoms with Crippen molar-refractivity contribution in [2.45, 2.75) is 26.0 Å². The Balaban J connectivity index is 2.03. The van der Waals surface area contributed by atoms with Crippen LogP contribution in [0.4, 0.5) is 5.69 Å². The second kappa shape index (κ2) is 5.49. The first-order valence-electron chi connectivity index (χ1n) is 6.93. The van der Waals surface area contributed by atoms with Crippen molar-refractivity contribution in [3.63, 3.8) is 0 Å². The van der Waals surface area contributed by atoms with Crippen molar-refractivity contribution in [1.29, 1.82) is 0 Å². The molecular formula is C17H18BrNO.